The summed E-state index contributed by atoms with van der Waals surface area (Å²) in [6.07, 6.45) is -6.44. The average Bonchev–Trinajstić information content (AvgIpc) is 3.15. The number of ether oxygens (including phenoxy) is 2. The summed E-state index contributed by atoms with van der Waals surface area (Å²) in [5.74, 6) is -0.671. The number of cyclic esters (lactones) is 1. The lowest BCUT2D eigenvalue weighted by atomic mass is 10.0. The highest BCUT2D eigenvalue weighted by Gasteiger charge is 2.38. The number of nitrogens with zero attached hydrogens (tertiary/aromatic N) is 1. The minimum absolute atomic E-state index is 0.0196. The molecule has 32 heavy (non-hydrogen) atoms. The van der Waals surface area contributed by atoms with E-state index in [1.54, 1.807) is 6.92 Å². The standard InChI is InChI=1S/C22H17F3N2O5/c1-2-31-20(29)18-11-27(21(30)32-18)13-8-7-12-9-17(26-19(28)15(12)10-13)14-5-3-4-6-16(14)22(23,24)25/h3-10,18H,2,11H2,1H3,(H,26,28). The third-order valence-electron chi connectivity index (χ3n) is 5.03. The van der Waals surface area contributed by atoms with Gasteiger partial charge in [0.25, 0.3) is 5.56 Å². The second-order valence-corrected chi connectivity index (χ2v) is 7.06. The summed E-state index contributed by atoms with van der Waals surface area (Å²) in [6.45, 7) is 1.68. The van der Waals surface area contributed by atoms with Gasteiger partial charge in [0.15, 0.2) is 0 Å². The van der Waals surface area contributed by atoms with E-state index in [-0.39, 0.29) is 29.8 Å². The summed E-state index contributed by atoms with van der Waals surface area (Å²) in [6, 6.07) is 10.9. The number of alkyl halides is 3. The van der Waals surface area contributed by atoms with E-state index in [4.69, 9.17) is 9.47 Å². The van der Waals surface area contributed by atoms with Crippen LogP contribution in [0.25, 0.3) is 22.0 Å². The van der Waals surface area contributed by atoms with Crippen molar-refractivity contribution in [3.05, 3.63) is 64.4 Å². The number of hydrogen-bond acceptors (Lipinski definition) is 5. The predicted octanol–water partition coefficient (Wildman–Crippen LogP) is 4.10. The van der Waals surface area contributed by atoms with Gasteiger partial charge in [-0.25, -0.2) is 9.59 Å². The van der Waals surface area contributed by atoms with Crippen LogP contribution in [0.3, 0.4) is 0 Å². The van der Waals surface area contributed by atoms with Gasteiger partial charge in [-0.15, -0.1) is 0 Å². The maximum Gasteiger partial charge on any atom is 0.417 e. The Hall–Kier alpha value is -3.82. The van der Waals surface area contributed by atoms with Gasteiger partial charge in [0.1, 0.15) is 0 Å². The first kappa shape index (κ1) is 21.4. The molecule has 4 rings (SSSR count). The largest absolute Gasteiger partial charge is 0.463 e. The van der Waals surface area contributed by atoms with E-state index >= 15 is 0 Å². The number of amides is 1. The Morgan fingerprint density at radius 2 is 1.94 bits per heavy atom. The van der Waals surface area contributed by atoms with Gasteiger partial charge < -0.3 is 14.5 Å². The lowest BCUT2D eigenvalue weighted by Crippen LogP contribution is -2.29. The summed E-state index contributed by atoms with van der Waals surface area (Å²) in [5.41, 5.74) is -1.31. The van der Waals surface area contributed by atoms with Gasteiger partial charge in [0.2, 0.25) is 6.10 Å². The summed E-state index contributed by atoms with van der Waals surface area (Å²) in [7, 11) is 0. The number of nitrogens with one attached hydrogen (secondary N) is 1. The van der Waals surface area contributed by atoms with Crippen LogP contribution in [0.15, 0.2) is 53.3 Å². The zero-order valence-electron chi connectivity index (χ0n) is 16.7. The molecule has 0 saturated carbocycles. The Balaban J connectivity index is 1.71. The number of esters is 1. The highest BCUT2D eigenvalue weighted by Crippen LogP contribution is 2.36. The number of aromatic amines is 1. The molecule has 1 aliphatic heterocycles. The number of pyridine rings is 1. The van der Waals surface area contributed by atoms with Crippen LogP contribution in [0, 0.1) is 0 Å². The van der Waals surface area contributed by atoms with Crippen molar-refractivity contribution in [2.45, 2.75) is 19.2 Å². The van der Waals surface area contributed by atoms with Crippen LogP contribution in [-0.2, 0) is 20.4 Å². The molecule has 166 valence electrons. The molecule has 1 atom stereocenters. The molecular formula is C22H17F3N2O5. The summed E-state index contributed by atoms with van der Waals surface area (Å²) >= 11 is 0. The minimum atomic E-state index is -4.59. The number of benzene rings is 2. The first-order chi connectivity index (χ1) is 15.2. The van der Waals surface area contributed by atoms with Crippen molar-refractivity contribution in [1.82, 2.24) is 4.98 Å². The van der Waals surface area contributed by atoms with Crippen LogP contribution in [0.1, 0.15) is 12.5 Å². The van der Waals surface area contributed by atoms with Gasteiger partial charge >= 0.3 is 18.2 Å². The molecule has 1 saturated heterocycles. The smallest absolute Gasteiger partial charge is 0.417 e. The van der Waals surface area contributed by atoms with Gasteiger partial charge in [0, 0.05) is 22.3 Å². The van der Waals surface area contributed by atoms with Gasteiger partial charge in [0.05, 0.1) is 18.7 Å². The molecule has 3 aromatic rings. The van der Waals surface area contributed by atoms with Crippen molar-refractivity contribution in [3.63, 3.8) is 0 Å². The molecule has 1 aliphatic rings. The molecule has 2 heterocycles. The third-order valence-corrected chi connectivity index (χ3v) is 5.03. The number of fused-ring (bicyclic) bond motifs is 1. The molecule has 0 aliphatic carbocycles. The Kier molecular flexibility index (Phi) is 5.37. The monoisotopic (exact) mass is 446 g/mol. The number of carbonyl (C=O) groups is 2. The second-order valence-electron chi connectivity index (χ2n) is 7.06. The number of anilines is 1. The highest BCUT2D eigenvalue weighted by atomic mass is 19.4. The van der Waals surface area contributed by atoms with Gasteiger partial charge in [-0.1, -0.05) is 24.3 Å². The van der Waals surface area contributed by atoms with E-state index in [9.17, 15) is 27.6 Å². The van der Waals surface area contributed by atoms with Crippen molar-refractivity contribution in [2.75, 3.05) is 18.1 Å². The lowest BCUT2D eigenvalue weighted by Gasteiger charge is -2.15. The zero-order chi connectivity index (χ0) is 23.0. The molecule has 1 aromatic heterocycles. The number of aromatic nitrogens is 1. The van der Waals surface area contributed by atoms with Crippen molar-refractivity contribution >= 4 is 28.5 Å². The van der Waals surface area contributed by atoms with Crippen molar-refractivity contribution in [1.29, 1.82) is 0 Å². The normalized spacial score (nSPS) is 16.3. The molecule has 2 aromatic carbocycles. The van der Waals surface area contributed by atoms with E-state index in [0.717, 1.165) is 6.07 Å². The van der Waals surface area contributed by atoms with Crippen LogP contribution in [0.2, 0.25) is 0 Å². The fourth-order valence-electron chi connectivity index (χ4n) is 3.56. The van der Waals surface area contributed by atoms with Crippen LogP contribution in [0.5, 0.6) is 0 Å². The maximum absolute atomic E-state index is 13.4. The lowest BCUT2D eigenvalue weighted by molar-refractivity contribution is -0.151. The number of halogens is 3. The Morgan fingerprint density at radius 1 is 1.19 bits per heavy atom. The maximum atomic E-state index is 13.4. The Morgan fingerprint density at radius 3 is 2.66 bits per heavy atom. The van der Waals surface area contributed by atoms with Gasteiger partial charge in [-0.3, -0.25) is 9.69 Å². The third kappa shape index (κ3) is 3.91. The summed E-state index contributed by atoms with van der Waals surface area (Å²) in [5, 5.41) is 0.558. The van der Waals surface area contributed by atoms with Crippen LogP contribution < -0.4 is 10.5 Å². The van der Waals surface area contributed by atoms with E-state index in [1.807, 2.05) is 0 Å². The molecular weight excluding hydrogens is 429 g/mol. The van der Waals surface area contributed by atoms with Gasteiger partial charge in [-0.2, -0.15) is 13.2 Å². The molecule has 0 bridgehead atoms. The van der Waals surface area contributed by atoms with Crippen LogP contribution in [0.4, 0.5) is 23.7 Å². The molecule has 1 unspecified atom stereocenters. The second kappa shape index (κ2) is 8.03. The summed E-state index contributed by atoms with van der Waals surface area (Å²) < 4.78 is 50.0. The van der Waals surface area contributed by atoms with Crippen LogP contribution >= 0.6 is 0 Å². The highest BCUT2D eigenvalue weighted by molar-refractivity contribution is 5.97. The summed E-state index contributed by atoms with van der Waals surface area (Å²) in [4.78, 5) is 40.4. The van der Waals surface area contributed by atoms with Gasteiger partial charge in [-0.05, 0) is 36.6 Å². The SMILES string of the molecule is CCOC(=O)C1CN(c2ccc3cc(-c4ccccc4C(F)(F)F)[nH]c(=O)c3c2)C(=O)O1. The van der Waals surface area contributed by atoms with E-state index in [2.05, 4.69) is 4.98 Å². The molecule has 7 nitrogen and oxygen atoms in total. The minimum Gasteiger partial charge on any atom is -0.463 e. The van der Waals surface area contributed by atoms with E-state index < -0.39 is 35.5 Å². The molecule has 1 N–H and O–H groups in total. The topological polar surface area (TPSA) is 88.7 Å². The number of H-pyrrole nitrogens is 1. The van der Waals surface area contributed by atoms with Crippen molar-refractivity contribution < 1.29 is 32.2 Å². The van der Waals surface area contributed by atoms with Crippen molar-refractivity contribution in [2.24, 2.45) is 0 Å². The fraction of sp³-hybridized carbons (Fsp3) is 0.227. The first-order valence-corrected chi connectivity index (χ1v) is 9.67. The number of rotatable bonds is 4. The molecule has 1 fully saturated rings. The predicted molar refractivity (Wildman–Crippen MR) is 109 cm³/mol. The fourth-order valence-corrected chi connectivity index (χ4v) is 3.56. The first-order valence-electron chi connectivity index (χ1n) is 9.67. The molecule has 0 radical (unpaired) electrons. The van der Waals surface area contributed by atoms with Crippen LogP contribution in [-0.4, -0.2) is 36.3 Å². The molecule has 10 heteroatoms. The Labute approximate surface area is 179 Å². The quantitative estimate of drug-likeness (QED) is 0.610. The molecule has 1 amide bonds. The van der Waals surface area contributed by atoms with Crippen molar-refractivity contribution in [3.8, 4) is 11.3 Å². The number of carbonyl (C=O) groups excluding carboxylic acids is 2. The molecule has 0 spiro atoms. The van der Waals surface area contributed by atoms with E-state index in [0.29, 0.717) is 11.1 Å². The number of hydrogen-bond donors (Lipinski definition) is 1. The van der Waals surface area contributed by atoms with E-state index in [1.165, 1.54) is 47.4 Å². The average molecular weight is 446 g/mol. The Bertz CT molecular complexity index is 1270. The zero-order valence-corrected chi connectivity index (χ0v) is 16.7.